The van der Waals surface area contributed by atoms with Gasteiger partial charge in [0.15, 0.2) is 0 Å². The second-order valence-corrected chi connectivity index (χ2v) is 4.43. The van der Waals surface area contributed by atoms with Gasteiger partial charge >= 0.3 is 0 Å². The van der Waals surface area contributed by atoms with Crippen molar-refractivity contribution in [1.29, 1.82) is 0 Å². The van der Waals surface area contributed by atoms with Crippen LogP contribution >= 0.6 is 11.6 Å². The summed E-state index contributed by atoms with van der Waals surface area (Å²) >= 11 is 6.09. The molecule has 1 atom stereocenters. The molecule has 0 aliphatic heterocycles. The minimum absolute atomic E-state index is 0.0549. The number of aliphatic imine (C=N–C) groups is 1. The van der Waals surface area contributed by atoms with Gasteiger partial charge in [-0.1, -0.05) is 29.8 Å². The largest absolute Gasteiger partial charge is 0.387 e. The Morgan fingerprint density at radius 1 is 1.47 bits per heavy atom. The van der Waals surface area contributed by atoms with Crippen molar-refractivity contribution in [2.45, 2.75) is 25.8 Å². The van der Waals surface area contributed by atoms with Gasteiger partial charge in [-0.2, -0.15) is 0 Å². The number of hydrogen-bond donors (Lipinski definition) is 1. The lowest BCUT2D eigenvalue weighted by Gasteiger charge is -2.10. The third kappa shape index (κ3) is 2.51. The molecule has 80 valence electrons. The van der Waals surface area contributed by atoms with Crippen LogP contribution in [0.2, 0.25) is 5.02 Å². The quantitative estimate of drug-likeness (QED) is 0.619. The van der Waals surface area contributed by atoms with E-state index >= 15 is 0 Å². The molecule has 2 N–H and O–H groups in total. The molecule has 0 radical (unpaired) electrons. The van der Waals surface area contributed by atoms with Gasteiger partial charge in [-0.15, -0.1) is 0 Å². The molecule has 0 saturated heterocycles. The predicted molar refractivity (Wildman–Crippen MR) is 64.2 cm³/mol. The van der Waals surface area contributed by atoms with Gasteiger partial charge in [-0.05, 0) is 31.4 Å². The molecule has 1 saturated carbocycles. The van der Waals surface area contributed by atoms with E-state index in [1.807, 2.05) is 31.2 Å². The first-order valence-electron chi connectivity index (χ1n) is 5.26. The van der Waals surface area contributed by atoms with Crippen LogP contribution < -0.4 is 5.73 Å². The maximum atomic E-state index is 6.09. The summed E-state index contributed by atoms with van der Waals surface area (Å²) in [6.45, 7) is 2.02. The van der Waals surface area contributed by atoms with Crippen LogP contribution in [-0.2, 0) is 0 Å². The summed E-state index contributed by atoms with van der Waals surface area (Å²) in [4.78, 5) is 4.48. The summed E-state index contributed by atoms with van der Waals surface area (Å²) in [5.74, 6) is 1.30. The number of hydrogen-bond acceptors (Lipinski definition) is 1. The molecule has 0 aromatic heterocycles. The zero-order valence-electron chi connectivity index (χ0n) is 8.78. The van der Waals surface area contributed by atoms with Crippen molar-refractivity contribution in [1.82, 2.24) is 0 Å². The van der Waals surface area contributed by atoms with Gasteiger partial charge < -0.3 is 5.73 Å². The fourth-order valence-electron chi connectivity index (χ4n) is 1.59. The number of nitrogens with two attached hydrogens (primary N) is 1. The SMILES string of the molecule is CC(N=C(N)C1CC1)c1ccccc1Cl. The maximum Gasteiger partial charge on any atom is 0.0975 e. The monoisotopic (exact) mass is 222 g/mol. The van der Waals surface area contributed by atoms with Crippen molar-refractivity contribution in [3.63, 3.8) is 0 Å². The highest BCUT2D eigenvalue weighted by molar-refractivity contribution is 6.31. The molecule has 3 heteroatoms. The van der Waals surface area contributed by atoms with Gasteiger partial charge in [-0.25, -0.2) is 0 Å². The van der Waals surface area contributed by atoms with E-state index in [0.29, 0.717) is 5.92 Å². The summed E-state index contributed by atoms with van der Waals surface area (Å²) in [6.07, 6.45) is 2.37. The highest BCUT2D eigenvalue weighted by Crippen LogP contribution is 2.31. The maximum absolute atomic E-state index is 6.09. The molecule has 2 nitrogen and oxygen atoms in total. The van der Waals surface area contributed by atoms with Crippen molar-refractivity contribution in [3.8, 4) is 0 Å². The van der Waals surface area contributed by atoms with Crippen molar-refractivity contribution in [3.05, 3.63) is 34.9 Å². The molecule has 2 rings (SSSR count). The van der Waals surface area contributed by atoms with E-state index < -0.39 is 0 Å². The molecule has 0 heterocycles. The lowest BCUT2D eigenvalue weighted by Crippen LogP contribution is -2.15. The summed E-state index contributed by atoms with van der Waals surface area (Å²) in [7, 11) is 0. The smallest absolute Gasteiger partial charge is 0.0975 e. The second-order valence-electron chi connectivity index (χ2n) is 4.03. The van der Waals surface area contributed by atoms with Crippen molar-refractivity contribution < 1.29 is 0 Å². The van der Waals surface area contributed by atoms with E-state index in [9.17, 15) is 0 Å². The molecule has 1 fully saturated rings. The van der Waals surface area contributed by atoms with Crippen LogP contribution in [0.25, 0.3) is 0 Å². The zero-order chi connectivity index (χ0) is 10.8. The predicted octanol–water partition coefficient (Wildman–Crippen LogP) is 3.17. The fourth-order valence-corrected chi connectivity index (χ4v) is 1.89. The van der Waals surface area contributed by atoms with Crippen LogP contribution in [-0.4, -0.2) is 5.84 Å². The lowest BCUT2D eigenvalue weighted by molar-refractivity contribution is 0.808. The first-order chi connectivity index (χ1) is 7.18. The van der Waals surface area contributed by atoms with E-state index in [1.54, 1.807) is 0 Å². The molecular formula is C12H15ClN2. The highest BCUT2D eigenvalue weighted by Gasteiger charge is 2.26. The highest BCUT2D eigenvalue weighted by atomic mass is 35.5. The van der Waals surface area contributed by atoms with Gasteiger partial charge in [0.25, 0.3) is 0 Å². The minimum atomic E-state index is 0.0549. The van der Waals surface area contributed by atoms with E-state index in [1.165, 1.54) is 12.8 Å². The fraction of sp³-hybridized carbons (Fsp3) is 0.417. The Hall–Kier alpha value is -1.02. The van der Waals surface area contributed by atoms with Crippen LogP contribution in [0, 0.1) is 5.92 Å². The summed E-state index contributed by atoms with van der Waals surface area (Å²) in [5, 5.41) is 0.761. The first kappa shape index (κ1) is 10.5. The molecule has 15 heavy (non-hydrogen) atoms. The van der Waals surface area contributed by atoms with E-state index in [0.717, 1.165) is 16.4 Å². The number of benzene rings is 1. The Labute approximate surface area is 95.2 Å². The van der Waals surface area contributed by atoms with E-state index in [-0.39, 0.29) is 6.04 Å². The Bertz CT molecular complexity index is 383. The average Bonchev–Trinajstić information content (AvgIpc) is 3.01. The molecule has 1 unspecified atom stereocenters. The molecular weight excluding hydrogens is 208 g/mol. The molecule has 1 aromatic rings. The summed E-state index contributed by atoms with van der Waals surface area (Å²) in [5.41, 5.74) is 6.92. The molecule has 0 bridgehead atoms. The number of nitrogens with zero attached hydrogens (tertiary/aromatic N) is 1. The Kier molecular flexibility index (Phi) is 2.96. The second kappa shape index (κ2) is 4.23. The van der Waals surface area contributed by atoms with Gasteiger partial charge in [-0.3, -0.25) is 4.99 Å². The van der Waals surface area contributed by atoms with Crippen molar-refractivity contribution in [2.24, 2.45) is 16.6 Å². The number of amidine groups is 1. The van der Waals surface area contributed by atoms with Crippen molar-refractivity contribution >= 4 is 17.4 Å². The van der Waals surface area contributed by atoms with Gasteiger partial charge in [0.05, 0.1) is 11.9 Å². The van der Waals surface area contributed by atoms with Crippen LogP contribution in [0.15, 0.2) is 29.3 Å². The molecule has 1 aliphatic carbocycles. The number of halogens is 1. The third-order valence-corrected chi connectivity index (χ3v) is 3.04. The van der Waals surface area contributed by atoms with E-state index in [4.69, 9.17) is 17.3 Å². The van der Waals surface area contributed by atoms with Gasteiger partial charge in [0.2, 0.25) is 0 Å². The van der Waals surface area contributed by atoms with Crippen molar-refractivity contribution in [2.75, 3.05) is 0 Å². The van der Waals surface area contributed by atoms with Crippen LogP contribution in [0.3, 0.4) is 0 Å². The first-order valence-corrected chi connectivity index (χ1v) is 5.64. The topological polar surface area (TPSA) is 38.4 Å². The van der Waals surface area contributed by atoms with Crippen LogP contribution in [0.4, 0.5) is 0 Å². The zero-order valence-corrected chi connectivity index (χ0v) is 9.54. The van der Waals surface area contributed by atoms with Crippen LogP contribution in [0.1, 0.15) is 31.4 Å². The minimum Gasteiger partial charge on any atom is -0.387 e. The molecule has 0 spiro atoms. The molecule has 0 amide bonds. The number of rotatable bonds is 3. The summed E-state index contributed by atoms with van der Waals surface area (Å²) in [6, 6.07) is 7.83. The Balaban J connectivity index is 2.16. The van der Waals surface area contributed by atoms with E-state index in [2.05, 4.69) is 4.99 Å². The summed E-state index contributed by atoms with van der Waals surface area (Å²) < 4.78 is 0. The molecule has 1 aliphatic rings. The Morgan fingerprint density at radius 3 is 2.73 bits per heavy atom. The average molecular weight is 223 g/mol. The standard InChI is InChI=1S/C12H15ClN2/c1-8(15-12(14)9-6-7-9)10-4-2-3-5-11(10)13/h2-5,8-9H,6-7H2,1H3,(H2,14,15). The van der Waals surface area contributed by atoms with Gasteiger partial charge in [0.1, 0.15) is 0 Å². The molecule has 1 aromatic carbocycles. The van der Waals surface area contributed by atoms with Crippen LogP contribution in [0.5, 0.6) is 0 Å². The Morgan fingerprint density at radius 2 is 2.13 bits per heavy atom. The normalized spacial score (nSPS) is 18.9. The third-order valence-electron chi connectivity index (χ3n) is 2.69. The lowest BCUT2D eigenvalue weighted by atomic mass is 10.1. The van der Waals surface area contributed by atoms with Gasteiger partial charge in [0, 0.05) is 10.9 Å².